The molecular formula is C11H18N2O3. The Labute approximate surface area is 94.5 Å². The first-order valence-electron chi connectivity index (χ1n) is 5.48. The van der Waals surface area contributed by atoms with Gasteiger partial charge in [-0.1, -0.05) is 26.2 Å². The third-order valence-corrected chi connectivity index (χ3v) is 2.39. The fraction of sp³-hybridized carbons (Fsp3) is 0.545. The highest BCUT2D eigenvalue weighted by Crippen LogP contribution is 2.10. The second kappa shape index (κ2) is 6.17. The van der Waals surface area contributed by atoms with Gasteiger partial charge in [-0.25, -0.2) is 5.84 Å². The van der Waals surface area contributed by atoms with Crippen LogP contribution in [-0.2, 0) is 0 Å². The first-order chi connectivity index (χ1) is 7.66. The van der Waals surface area contributed by atoms with Crippen LogP contribution < -0.4 is 16.3 Å². The summed E-state index contributed by atoms with van der Waals surface area (Å²) in [5, 5.41) is 10.5. The lowest BCUT2D eigenvalue weighted by molar-refractivity contribution is 0.429. The summed E-state index contributed by atoms with van der Waals surface area (Å²) in [5.74, 6) is 5.29. The molecule has 0 saturated carbocycles. The minimum Gasteiger partial charge on any atom is -0.502 e. The van der Waals surface area contributed by atoms with E-state index in [1.165, 1.54) is 11.3 Å². The van der Waals surface area contributed by atoms with Gasteiger partial charge in [-0.05, 0) is 6.42 Å². The molecule has 0 unspecified atom stereocenters. The number of hydrogen-bond acceptors (Lipinski definition) is 5. The van der Waals surface area contributed by atoms with Crippen LogP contribution in [0.3, 0.4) is 0 Å². The van der Waals surface area contributed by atoms with Crippen LogP contribution >= 0.6 is 0 Å². The zero-order valence-electron chi connectivity index (χ0n) is 9.48. The van der Waals surface area contributed by atoms with Gasteiger partial charge in [0.15, 0.2) is 0 Å². The number of hydrazine groups is 1. The highest BCUT2D eigenvalue weighted by molar-refractivity contribution is 5.44. The molecule has 0 aromatic carbocycles. The van der Waals surface area contributed by atoms with Crippen molar-refractivity contribution in [3.63, 3.8) is 0 Å². The molecule has 1 aromatic heterocycles. The van der Waals surface area contributed by atoms with Crippen molar-refractivity contribution in [2.24, 2.45) is 5.84 Å². The third kappa shape index (κ3) is 3.27. The molecule has 0 bridgehead atoms. The summed E-state index contributed by atoms with van der Waals surface area (Å²) in [5.41, 5.74) is -0.305. The van der Waals surface area contributed by atoms with E-state index in [0.29, 0.717) is 6.54 Å². The van der Waals surface area contributed by atoms with E-state index in [4.69, 9.17) is 10.3 Å². The summed E-state index contributed by atoms with van der Waals surface area (Å²) in [6.07, 6.45) is 6.55. The number of nitrogens with two attached hydrogens (primary N) is 1. The van der Waals surface area contributed by atoms with Gasteiger partial charge in [0.05, 0.1) is 0 Å². The Hall–Kier alpha value is -1.49. The minimum atomic E-state index is -0.496. The van der Waals surface area contributed by atoms with E-state index in [2.05, 4.69) is 6.92 Å². The van der Waals surface area contributed by atoms with Crippen LogP contribution in [0.2, 0.25) is 0 Å². The van der Waals surface area contributed by atoms with Crippen molar-refractivity contribution in [2.45, 2.75) is 32.6 Å². The smallest absolute Gasteiger partial charge is 0.251 e. The maximum absolute atomic E-state index is 11.5. The number of nitrogens with zero attached hydrogens (tertiary/aromatic N) is 1. The van der Waals surface area contributed by atoms with Gasteiger partial charge in [0.2, 0.25) is 5.75 Å². The number of aromatic hydroxyl groups is 1. The molecule has 0 aliphatic carbocycles. The lowest BCUT2D eigenvalue weighted by atomic mass is 10.2. The van der Waals surface area contributed by atoms with Crippen LogP contribution in [0, 0.1) is 0 Å². The second-order valence-corrected chi connectivity index (χ2v) is 3.73. The van der Waals surface area contributed by atoms with Crippen LogP contribution in [-0.4, -0.2) is 11.7 Å². The van der Waals surface area contributed by atoms with Crippen LogP contribution in [0.15, 0.2) is 21.7 Å². The van der Waals surface area contributed by atoms with Crippen LogP contribution in [0.4, 0.5) is 5.69 Å². The van der Waals surface area contributed by atoms with Gasteiger partial charge >= 0.3 is 0 Å². The minimum absolute atomic E-state index is 0.191. The average Bonchev–Trinajstić information content (AvgIpc) is 2.28. The zero-order chi connectivity index (χ0) is 12.0. The van der Waals surface area contributed by atoms with Crippen molar-refractivity contribution in [2.75, 3.05) is 11.6 Å². The molecule has 1 aromatic rings. The standard InChI is InChI=1S/C11H18N2O3/c1-2-3-4-5-6-13(12)9-7-16-8-10(14)11(9)15/h7-8,14H,2-6,12H2,1H3. The van der Waals surface area contributed by atoms with Crippen molar-refractivity contribution in [1.82, 2.24) is 0 Å². The predicted molar refractivity (Wildman–Crippen MR) is 62.3 cm³/mol. The Morgan fingerprint density at radius 3 is 2.81 bits per heavy atom. The van der Waals surface area contributed by atoms with Crippen molar-refractivity contribution in [3.8, 4) is 5.75 Å². The fourth-order valence-corrected chi connectivity index (χ4v) is 1.43. The average molecular weight is 226 g/mol. The van der Waals surface area contributed by atoms with E-state index in [0.717, 1.165) is 31.9 Å². The van der Waals surface area contributed by atoms with Crippen molar-refractivity contribution >= 4 is 5.69 Å². The van der Waals surface area contributed by atoms with Gasteiger partial charge in [0.25, 0.3) is 5.43 Å². The third-order valence-electron chi connectivity index (χ3n) is 2.39. The number of unbranched alkanes of at least 4 members (excludes halogenated alkanes) is 3. The Morgan fingerprint density at radius 1 is 1.38 bits per heavy atom. The number of hydrogen-bond donors (Lipinski definition) is 2. The normalized spacial score (nSPS) is 10.4. The van der Waals surface area contributed by atoms with Gasteiger partial charge in [0.1, 0.15) is 18.2 Å². The Morgan fingerprint density at radius 2 is 2.12 bits per heavy atom. The first kappa shape index (κ1) is 12.6. The lowest BCUT2D eigenvalue weighted by Gasteiger charge is -2.16. The molecule has 5 nitrogen and oxygen atoms in total. The largest absolute Gasteiger partial charge is 0.502 e. The molecule has 16 heavy (non-hydrogen) atoms. The Kier molecular flexibility index (Phi) is 4.85. The molecule has 1 rings (SSSR count). The van der Waals surface area contributed by atoms with Gasteiger partial charge in [-0.2, -0.15) is 0 Å². The van der Waals surface area contributed by atoms with Crippen LogP contribution in [0.5, 0.6) is 5.75 Å². The van der Waals surface area contributed by atoms with E-state index in [1.54, 1.807) is 0 Å². The van der Waals surface area contributed by atoms with Crippen LogP contribution in [0.25, 0.3) is 0 Å². The second-order valence-electron chi connectivity index (χ2n) is 3.73. The first-order valence-corrected chi connectivity index (χ1v) is 5.48. The number of anilines is 1. The quantitative estimate of drug-likeness (QED) is 0.437. The maximum Gasteiger partial charge on any atom is 0.251 e. The molecule has 0 spiro atoms. The Balaban J connectivity index is 2.56. The summed E-state index contributed by atoms with van der Waals surface area (Å²) >= 11 is 0. The SMILES string of the molecule is CCCCCCN(N)c1cocc(O)c1=O. The molecular weight excluding hydrogens is 208 g/mol. The molecule has 1 heterocycles. The summed E-state index contributed by atoms with van der Waals surface area (Å²) in [6.45, 7) is 2.71. The molecule has 90 valence electrons. The summed E-state index contributed by atoms with van der Waals surface area (Å²) < 4.78 is 4.80. The van der Waals surface area contributed by atoms with Crippen molar-refractivity contribution in [1.29, 1.82) is 0 Å². The van der Waals surface area contributed by atoms with Gasteiger partial charge in [0, 0.05) is 6.54 Å². The number of rotatable bonds is 6. The zero-order valence-corrected chi connectivity index (χ0v) is 9.48. The van der Waals surface area contributed by atoms with E-state index >= 15 is 0 Å². The topological polar surface area (TPSA) is 79.7 Å². The van der Waals surface area contributed by atoms with Crippen molar-refractivity contribution < 1.29 is 9.52 Å². The molecule has 3 N–H and O–H groups in total. The molecule has 0 aliphatic rings. The molecule has 0 amide bonds. The monoisotopic (exact) mass is 226 g/mol. The molecule has 0 aliphatic heterocycles. The summed E-state index contributed by atoms with van der Waals surface area (Å²) in [7, 11) is 0. The molecule has 5 heteroatoms. The summed E-state index contributed by atoms with van der Waals surface area (Å²) in [6, 6.07) is 0. The maximum atomic E-state index is 11.5. The highest BCUT2D eigenvalue weighted by Gasteiger charge is 2.10. The molecule has 0 radical (unpaired) electrons. The van der Waals surface area contributed by atoms with E-state index < -0.39 is 11.2 Å². The van der Waals surface area contributed by atoms with E-state index in [9.17, 15) is 9.90 Å². The lowest BCUT2D eigenvalue weighted by Crippen LogP contribution is -2.35. The predicted octanol–water partition coefficient (Wildman–Crippen LogP) is 1.61. The van der Waals surface area contributed by atoms with E-state index in [1.807, 2.05) is 0 Å². The molecule has 0 fully saturated rings. The highest BCUT2D eigenvalue weighted by atomic mass is 16.3. The van der Waals surface area contributed by atoms with Crippen molar-refractivity contribution in [3.05, 3.63) is 22.7 Å². The van der Waals surface area contributed by atoms with E-state index in [-0.39, 0.29) is 5.69 Å². The van der Waals surface area contributed by atoms with Gasteiger partial charge in [-0.3, -0.25) is 4.79 Å². The summed E-state index contributed by atoms with van der Waals surface area (Å²) in [4.78, 5) is 11.5. The Bertz CT molecular complexity index is 376. The van der Waals surface area contributed by atoms with Crippen LogP contribution in [0.1, 0.15) is 32.6 Å². The molecule has 0 saturated heterocycles. The fourth-order valence-electron chi connectivity index (χ4n) is 1.43. The van der Waals surface area contributed by atoms with Gasteiger partial charge < -0.3 is 14.5 Å². The van der Waals surface area contributed by atoms with Gasteiger partial charge in [-0.15, -0.1) is 0 Å². The molecule has 0 atom stereocenters.